The van der Waals surface area contributed by atoms with Gasteiger partial charge in [0.1, 0.15) is 5.75 Å². The van der Waals surface area contributed by atoms with E-state index >= 15 is 0 Å². The molecule has 0 bridgehead atoms. The summed E-state index contributed by atoms with van der Waals surface area (Å²) in [5.41, 5.74) is 1.66. The first kappa shape index (κ1) is 15.8. The van der Waals surface area contributed by atoms with Crippen LogP contribution in [0.2, 0.25) is 0 Å². The molecule has 0 saturated carbocycles. The molecule has 0 radical (unpaired) electrons. The summed E-state index contributed by atoms with van der Waals surface area (Å²) in [6.45, 7) is 0. The molecule has 2 aromatic rings. The summed E-state index contributed by atoms with van der Waals surface area (Å²) in [5, 5.41) is 9.16. The molecule has 22 heavy (non-hydrogen) atoms. The average molecular weight is 310 g/mol. The lowest BCUT2D eigenvalue weighted by atomic mass is 10.2. The van der Waals surface area contributed by atoms with Crippen LogP contribution >= 0.6 is 0 Å². The highest BCUT2D eigenvalue weighted by molar-refractivity contribution is 5.99. The Hall–Kier alpha value is -2.54. The fourth-order valence-corrected chi connectivity index (χ4v) is 1.78. The topological polar surface area (TPSA) is 53.8 Å². The zero-order valence-corrected chi connectivity index (χ0v) is 11.6. The van der Waals surface area contributed by atoms with Crippen LogP contribution in [0.1, 0.15) is 11.1 Å². The number of aliphatic imine (C=N–C) groups is 1. The Morgan fingerprint density at radius 2 is 1.82 bits per heavy atom. The van der Waals surface area contributed by atoms with Crippen LogP contribution in [0.25, 0.3) is 0 Å². The fourth-order valence-electron chi connectivity index (χ4n) is 1.78. The molecule has 0 saturated heterocycles. The molecule has 0 heterocycles. The summed E-state index contributed by atoms with van der Waals surface area (Å²) < 4.78 is 43.0. The molecule has 0 aliphatic heterocycles. The van der Waals surface area contributed by atoms with Crippen LogP contribution in [-0.2, 0) is 6.18 Å². The van der Waals surface area contributed by atoms with Gasteiger partial charge in [0, 0.05) is 5.56 Å². The van der Waals surface area contributed by atoms with Crippen LogP contribution in [0.4, 0.5) is 18.9 Å². The Morgan fingerprint density at radius 1 is 1.14 bits per heavy atom. The number of benzene rings is 2. The van der Waals surface area contributed by atoms with E-state index < -0.39 is 11.7 Å². The van der Waals surface area contributed by atoms with Crippen molar-refractivity contribution in [3.63, 3.8) is 0 Å². The normalized spacial score (nSPS) is 12.1. The van der Waals surface area contributed by atoms with Gasteiger partial charge in [-0.25, -0.2) is 4.99 Å². The quantitative estimate of drug-likeness (QED) is 0.515. The summed E-state index contributed by atoms with van der Waals surface area (Å²) >= 11 is 0. The number of amidine groups is 1. The molecule has 2 aromatic carbocycles. The van der Waals surface area contributed by atoms with Crippen molar-refractivity contribution in [2.24, 2.45) is 4.99 Å². The lowest BCUT2D eigenvalue weighted by molar-refractivity contribution is -0.137. The van der Waals surface area contributed by atoms with Crippen molar-refractivity contribution in [3.8, 4) is 5.75 Å². The summed E-state index contributed by atoms with van der Waals surface area (Å²) in [6.07, 6.45) is -4.45. The van der Waals surface area contributed by atoms with Gasteiger partial charge in [-0.15, -0.1) is 0 Å². The number of nitrogens with one attached hydrogen (secondary N) is 1. The predicted octanol–water partition coefficient (Wildman–Crippen LogP) is 3.77. The minimum absolute atomic E-state index is 0.0296. The van der Waals surface area contributed by atoms with Crippen LogP contribution in [-0.4, -0.2) is 18.2 Å². The Morgan fingerprint density at radius 3 is 2.36 bits per heavy atom. The van der Waals surface area contributed by atoms with Crippen LogP contribution in [0.5, 0.6) is 5.75 Å². The maximum Gasteiger partial charge on any atom is 0.416 e. The van der Waals surface area contributed by atoms with Crippen LogP contribution < -0.4 is 10.2 Å². The number of methoxy groups -OCH3 is 1. The minimum atomic E-state index is -4.45. The van der Waals surface area contributed by atoms with Gasteiger partial charge >= 0.3 is 6.18 Å². The van der Waals surface area contributed by atoms with E-state index in [-0.39, 0.29) is 11.5 Å². The summed E-state index contributed by atoms with van der Waals surface area (Å²) in [6, 6.07) is 11.1. The number of rotatable bonds is 3. The summed E-state index contributed by atoms with van der Waals surface area (Å²) in [4.78, 5) is 3.99. The number of hydrogen-bond acceptors (Lipinski definition) is 3. The number of halogens is 3. The standard InChI is InChI=1S/C15H13F3N2O2/c1-22-13-7-5-10(6-8-13)14(20-21)19-12-4-2-3-11(9-12)15(16,17)18/h2-9,21H,1H3,(H,19,20). The summed E-state index contributed by atoms with van der Waals surface area (Å²) in [5.74, 6) is 0.641. The molecular weight excluding hydrogens is 297 g/mol. The maximum atomic E-state index is 12.7. The van der Waals surface area contributed by atoms with Gasteiger partial charge in [-0.2, -0.15) is 13.2 Å². The van der Waals surface area contributed by atoms with Gasteiger partial charge in [-0.3, -0.25) is 10.7 Å². The van der Waals surface area contributed by atoms with Crippen molar-refractivity contribution in [2.75, 3.05) is 7.11 Å². The van der Waals surface area contributed by atoms with E-state index in [9.17, 15) is 13.2 Å². The zero-order chi connectivity index (χ0) is 16.2. The lowest BCUT2D eigenvalue weighted by Crippen LogP contribution is -2.19. The lowest BCUT2D eigenvalue weighted by Gasteiger charge is -2.09. The van der Waals surface area contributed by atoms with Crippen molar-refractivity contribution in [2.45, 2.75) is 6.18 Å². The molecule has 0 aliphatic carbocycles. The molecular formula is C15H13F3N2O2. The number of hydrogen-bond donors (Lipinski definition) is 2. The third kappa shape index (κ3) is 3.76. The highest BCUT2D eigenvalue weighted by Crippen LogP contribution is 2.31. The van der Waals surface area contributed by atoms with Gasteiger partial charge in [-0.05, 0) is 42.5 Å². The van der Waals surface area contributed by atoms with Crippen LogP contribution in [0.3, 0.4) is 0 Å². The highest BCUT2D eigenvalue weighted by Gasteiger charge is 2.30. The maximum absolute atomic E-state index is 12.7. The number of alkyl halides is 3. The largest absolute Gasteiger partial charge is 0.497 e. The van der Waals surface area contributed by atoms with E-state index in [2.05, 4.69) is 4.99 Å². The number of hydroxylamine groups is 1. The van der Waals surface area contributed by atoms with E-state index in [1.807, 2.05) is 5.48 Å². The molecule has 0 atom stereocenters. The highest BCUT2D eigenvalue weighted by atomic mass is 19.4. The second kappa shape index (κ2) is 6.48. The van der Waals surface area contributed by atoms with Crippen LogP contribution in [0, 0.1) is 0 Å². The van der Waals surface area contributed by atoms with Gasteiger partial charge in [-0.1, -0.05) is 6.07 Å². The van der Waals surface area contributed by atoms with Crippen molar-refractivity contribution >= 4 is 11.5 Å². The van der Waals surface area contributed by atoms with E-state index in [4.69, 9.17) is 9.94 Å². The average Bonchev–Trinajstić information content (AvgIpc) is 2.52. The fraction of sp³-hybridized carbons (Fsp3) is 0.133. The molecule has 0 unspecified atom stereocenters. The Bertz CT molecular complexity index is 667. The van der Waals surface area contributed by atoms with Crippen molar-refractivity contribution < 1.29 is 23.1 Å². The second-order valence-corrected chi connectivity index (χ2v) is 4.35. The first-order chi connectivity index (χ1) is 10.4. The number of nitrogens with zero attached hydrogens (tertiary/aromatic N) is 1. The van der Waals surface area contributed by atoms with E-state index in [1.54, 1.807) is 24.3 Å². The second-order valence-electron chi connectivity index (χ2n) is 4.35. The van der Waals surface area contributed by atoms with Crippen molar-refractivity contribution in [3.05, 3.63) is 59.7 Å². The van der Waals surface area contributed by atoms with E-state index in [0.29, 0.717) is 11.3 Å². The molecule has 0 aliphatic rings. The van der Waals surface area contributed by atoms with Gasteiger partial charge in [0.15, 0.2) is 5.84 Å². The first-order valence-corrected chi connectivity index (χ1v) is 6.24. The summed E-state index contributed by atoms with van der Waals surface area (Å²) in [7, 11) is 1.51. The monoisotopic (exact) mass is 310 g/mol. The third-order valence-corrected chi connectivity index (χ3v) is 2.88. The molecule has 7 heteroatoms. The Balaban J connectivity index is 2.35. The number of ether oxygens (including phenoxy) is 1. The molecule has 116 valence electrons. The van der Waals surface area contributed by atoms with Crippen molar-refractivity contribution in [1.29, 1.82) is 0 Å². The molecule has 0 fully saturated rings. The van der Waals surface area contributed by atoms with Gasteiger partial charge in [0.05, 0.1) is 18.4 Å². The van der Waals surface area contributed by atoms with E-state index in [1.165, 1.54) is 19.2 Å². The van der Waals surface area contributed by atoms with Gasteiger partial charge in [0.25, 0.3) is 0 Å². The molecule has 2 N–H and O–H groups in total. The molecule has 4 nitrogen and oxygen atoms in total. The molecule has 0 spiro atoms. The predicted molar refractivity (Wildman–Crippen MR) is 75.6 cm³/mol. The first-order valence-electron chi connectivity index (χ1n) is 6.24. The molecule has 0 aromatic heterocycles. The zero-order valence-electron chi connectivity index (χ0n) is 11.6. The minimum Gasteiger partial charge on any atom is -0.497 e. The Kier molecular flexibility index (Phi) is 4.67. The third-order valence-electron chi connectivity index (χ3n) is 2.88. The Labute approximate surface area is 124 Å². The van der Waals surface area contributed by atoms with Gasteiger partial charge in [0.2, 0.25) is 0 Å². The van der Waals surface area contributed by atoms with Crippen LogP contribution in [0.15, 0.2) is 53.5 Å². The molecule has 0 amide bonds. The van der Waals surface area contributed by atoms with E-state index in [0.717, 1.165) is 12.1 Å². The smallest absolute Gasteiger partial charge is 0.416 e. The van der Waals surface area contributed by atoms with Gasteiger partial charge < -0.3 is 4.74 Å². The molecule has 2 rings (SSSR count). The SMILES string of the molecule is COc1ccc(C(=Nc2cccc(C(F)(F)F)c2)NO)cc1. The van der Waals surface area contributed by atoms with Crippen molar-refractivity contribution in [1.82, 2.24) is 5.48 Å².